The topological polar surface area (TPSA) is 21.3 Å². The Balaban J connectivity index is 1.97. The van der Waals surface area contributed by atoms with Crippen LogP contribution in [-0.2, 0) is 4.74 Å². The van der Waals surface area contributed by atoms with Crippen molar-refractivity contribution in [3.05, 3.63) is 0 Å². The summed E-state index contributed by atoms with van der Waals surface area (Å²) < 4.78 is 39.8. The molecule has 1 unspecified atom stereocenters. The lowest BCUT2D eigenvalue weighted by atomic mass is 10.1. The van der Waals surface area contributed by atoms with Crippen molar-refractivity contribution in [3.63, 3.8) is 0 Å². The van der Waals surface area contributed by atoms with Crippen LogP contribution in [0.25, 0.3) is 0 Å². The SMILES string of the molecule is FC(F)(F)COCCCC1CCCCCN1. The van der Waals surface area contributed by atoms with Crippen molar-refractivity contribution in [1.29, 1.82) is 0 Å². The number of ether oxygens (including phenoxy) is 1. The Morgan fingerprint density at radius 2 is 2.00 bits per heavy atom. The van der Waals surface area contributed by atoms with Gasteiger partial charge in [0.05, 0.1) is 0 Å². The highest BCUT2D eigenvalue weighted by atomic mass is 19.4. The first kappa shape index (κ1) is 13.8. The van der Waals surface area contributed by atoms with Gasteiger partial charge in [0, 0.05) is 12.6 Å². The Bertz CT molecular complexity index is 177. The number of nitrogens with one attached hydrogen (secondary N) is 1. The van der Waals surface area contributed by atoms with E-state index in [2.05, 4.69) is 10.1 Å². The summed E-state index contributed by atoms with van der Waals surface area (Å²) in [4.78, 5) is 0. The molecule has 1 heterocycles. The van der Waals surface area contributed by atoms with Crippen molar-refractivity contribution in [2.24, 2.45) is 0 Å². The minimum Gasteiger partial charge on any atom is -0.372 e. The van der Waals surface area contributed by atoms with Gasteiger partial charge in [0.25, 0.3) is 0 Å². The average molecular weight is 239 g/mol. The molecule has 1 atom stereocenters. The first-order valence-electron chi connectivity index (χ1n) is 5.96. The van der Waals surface area contributed by atoms with Crippen LogP contribution in [0, 0.1) is 0 Å². The quantitative estimate of drug-likeness (QED) is 0.745. The van der Waals surface area contributed by atoms with E-state index in [1.165, 1.54) is 19.3 Å². The van der Waals surface area contributed by atoms with Crippen LogP contribution in [0.4, 0.5) is 13.2 Å². The molecule has 5 heteroatoms. The molecule has 1 rings (SSSR count). The molecule has 1 aliphatic heterocycles. The highest BCUT2D eigenvalue weighted by Gasteiger charge is 2.27. The third-order valence-corrected chi connectivity index (χ3v) is 2.77. The van der Waals surface area contributed by atoms with Gasteiger partial charge in [-0.15, -0.1) is 0 Å². The molecule has 1 aliphatic rings. The van der Waals surface area contributed by atoms with Crippen molar-refractivity contribution < 1.29 is 17.9 Å². The largest absolute Gasteiger partial charge is 0.411 e. The van der Waals surface area contributed by atoms with Crippen LogP contribution in [0.2, 0.25) is 0 Å². The molecule has 0 amide bonds. The van der Waals surface area contributed by atoms with Crippen molar-refractivity contribution in [2.45, 2.75) is 50.7 Å². The van der Waals surface area contributed by atoms with Gasteiger partial charge in [-0.25, -0.2) is 0 Å². The van der Waals surface area contributed by atoms with Gasteiger partial charge in [-0.3, -0.25) is 0 Å². The monoisotopic (exact) mass is 239 g/mol. The number of hydrogen-bond acceptors (Lipinski definition) is 2. The van der Waals surface area contributed by atoms with Crippen LogP contribution in [0.5, 0.6) is 0 Å². The van der Waals surface area contributed by atoms with Gasteiger partial charge in [-0.05, 0) is 32.2 Å². The molecule has 0 spiro atoms. The molecule has 0 aromatic rings. The molecule has 0 aromatic heterocycles. The highest BCUT2D eigenvalue weighted by Crippen LogP contribution is 2.15. The van der Waals surface area contributed by atoms with E-state index in [1.807, 2.05) is 0 Å². The Hall–Kier alpha value is -0.290. The summed E-state index contributed by atoms with van der Waals surface area (Å²) in [5, 5.41) is 3.41. The van der Waals surface area contributed by atoms with Crippen LogP contribution in [0.15, 0.2) is 0 Å². The second kappa shape index (κ2) is 7.12. The van der Waals surface area contributed by atoms with Gasteiger partial charge in [0.2, 0.25) is 0 Å². The van der Waals surface area contributed by atoms with Gasteiger partial charge in [0.1, 0.15) is 6.61 Å². The number of halogens is 3. The summed E-state index contributed by atoms with van der Waals surface area (Å²) in [6.45, 7) is 0.122. The van der Waals surface area contributed by atoms with Crippen molar-refractivity contribution in [2.75, 3.05) is 19.8 Å². The second-order valence-corrected chi connectivity index (χ2v) is 4.31. The third kappa shape index (κ3) is 7.06. The van der Waals surface area contributed by atoms with E-state index in [4.69, 9.17) is 0 Å². The van der Waals surface area contributed by atoms with Gasteiger partial charge in [0.15, 0.2) is 0 Å². The fourth-order valence-corrected chi connectivity index (χ4v) is 1.97. The first-order chi connectivity index (χ1) is 7.58. The molecule has 0 saturated carbocycles. The maximum atomic E-state index is 11.8. The second-order valence-electron chi connectivity index (χ2n) is 4.31. The van der Waals surface area contributed by atoms with E-state index in [0.717, 1.165) is 19.4 Å². The normalized spacial score (nSPS) is 23.1. The lowest BCUT2D eigenvalue weighted by Crippen LogP contribution is -2.28. The Morgan fingerprint density at radius 1 is 1.19 bits per heavy atom. The Labute approximate surface area is 94.5 Å². The molecule has 96 valence electrons. The zero-order valence-corrected chi connectivity index (χ0v) is 9.48. The number of alkyl halides is 3. The van der Waals surface area contributed by atoms with E-state index in [9.17, 15) is 13.2 Å². The lowest BCUT2D eigenvalue weighted by molar-refractivity contribution is -0.174. The summed E-state index contributed by atoms with van der Waals surface area (Å²) in [6, 6.07) is 0.469. The predicted molar refractivity (Wildman–Crippen MR) is 56.4 cm³/mol. The standard InChI is InChI=1S/C11H20F3NO/c12-11(13,14)9-16-8-4-6-10-5-2-1-3-7-15-10/h10,15H,1-9H2. The van der Waals surface area contributed by atoms with Gasteiger partial charge < -0.3 is 10.1 Å². The molecule has 0 aromatic carbocycles. The van der Waals surface area contributed by atoms with E-state index in [-0.39, 0.29) is 6.61 Å². The molecule has 1 N–H and O–H groups in total. The molecule has 0 radical (unpaired) electrons. The molecule has 2 nitrogen and oxygen atoms in total. The van der Waals surface area contributed by atoms with E-state index >= 15 is 0 Å². The summed E-state index contributed by atoms with van der Waals surface area (Å²) in [6.07, 6.45) is 2.25. The lowest BCUT2D eigenvalue weighted by Gasteiger charge is -2.15. The smallest absolute Gasteiger partial charge is 0.372 e. The number of rotatable bonds is 5. The van der Waals surface area contributed by atoms with Crippen molar-refractivity contribution in [3.8, 4) is 0 Å². The minimum absolute atomic E-state index is 0.206. The molecular formula is C11H20F3NO. The van der Waals surface area contributed by atoms with Gasteiger partial charge in [-0.2, -0.15) is 13.2 Å². The molecular weight excluding hydrogens is 219 g/mol. The Kier molecular flexibility index (Phi) is 6.13. The highest BCUT2D eigenvalue weighted by molar-refractivity contribution is 4.70. The van der Waals surface area contributed by atoms with E-state index in [1.54, 1.807) is 0 Å². The van der Waals surface area contributed by atoms with Gasteiger partial charge in [-0.1, -0.05) is 12.8 Å². The summed E-state index contributed by atoms with van der Waals surface area (Å²) >= 11 is 0. The molecule has 16 heavy (non-hydrogen) atoms. The van der Waals surface area contributed by atoms with Crippen molar-refractivity contribution >= 4 is 0 Å². The fourth-order valence-electron chi connectivity index (χ4n) is 1.97. The zero-order chi connectivity index (χ0) is 11.9. The van der Waals surface area contributed by atoms with Crippen LogP contribution < -0.4 is 5.32 Å². The minimum atomic E-state index is -4.19. The molecule has 1 saturated heterocycles. The van der Waals surface area contributed by atoms with Crippen LogP contribution in [-0.4, -0.2) is 32.0 Å². The van der Waals surface area contributed by atoms with E-state index in [0.29, 0.717) is 12.5 Å². The third-order valence-electron chi connectivity index (χ3n) is 2.77. The maximum absolute atomic E-state index is 11.8. The molecule has 0 bridgehead atoms. The van der Waals surface area contributed by atoms with Crippen LogP contribution in [0.3, 0.4) is 0 Å². The first-order valence-corrected chi connectivity index (χ1v) is 5.96. The predicted octanol–water partition coefficient (Wildman–Crippen LogP) is 2.88. The van der Waals surface area contributed by atoms with Crippen molar-refractivity contribution in [1.82, 2.24) is 5.32 Å². The summed E-state index contributed by atoms with van der Waals surface area (Å²) in [5.41, 5.74) is 0. The summed E-state index contributed by atoms with van der Waals surface area (Å²) in [5.74, 6) is 0. The average Bonchev–Trinajstić information content (AvgIpc) is 2.44. The van der Waals surface area contributed by atoms with Gasteiger partial charge >= 0.3 is 6.18 Å². The molecule has 0 aliphatic carbocycles. The van der Waals surface area contributed by atoms with E-state index < -0.39 is 12.8 Å². The fraction of sp³-hybridized carbons (Fsp3) is 1.00. The zero-order valence-electron chi connectivity index (χ0n) is 9.48. The van der Waals surface area contributed by atoms with Crippen LogP contribution in [0.1, 0.15) is 38.5 Å². The Morgan fingerprint density at radius 3 is 2.75 bits per heavy atom. The summed E-state index contributed by atoms with van der Waals surface area (Å²) in [7, 11) is 0. The number of hydrogen-bond donors (Lipinski definition) is 1. The maximum Gasteiger partial charge on any atom is 0.411 e. The van der Waals surface area contributed by atoms with Crippen LogP contribution >= 0.6 is 0 Å². The molecule has 1 fully saturated rings.